The zero-order chi connectivity index (χ0) is 14.1. The molecule has 0 aromatic carbocycles. The number of hydrogen-bond acceptors (Lipinski definition) is 7. The Hall–Kier alpha value is -2.61. The van der Waals surface area contributed by atoms with E-state index in [1.54, 1.807) is 13.1 Å². The van der Waals surface area contributed by atoms with E-state index in [1.807, 2.05) is 17.5 Å². The molecule has 3 rings (SSSR count). The summed E-state index contributed by atoms with van der Waals surface area (Å²) >= 11 is 1.48. The minimum absolute atomic E-state index is 0.177. The summed E-state index contributed by atoms with van der Waals surface area (Å²) in [6.45, 7) is 1.72. The summed E-state index contributed by atoms with van der Waals surface area (Å²) in [5.41, 5.74) is 8.95. The number of carbonyl (C=O) groups is 1. The van der Waals surface area contributed by atoms with Crippen molar-refractivity contribution in [1.82, 2.24) is 15.4 Å². The Morgan fingerprint density at radius 2 is 2.35 bits per heavy atom. The van der Waals surface area contributed by atoms with Crippen LogP contribution in [0.1, 0.15) is 16.1 Å². The smallest absolute Gasteiger partial charge is 0.267 e. The Kier molecular flexibility index (Phi) is 2.99. The third kappa shape index (κ3) is 2.05. The lowest BCUT2D eigenvalue weighted by Gasteiger charge is -2.18. The third-order valence-electron chi connectivity index (χ3n) is 2.71. The molecule has 0 unspecified atom stereocenters. The number of aromatic nitrogens is 2. The van der Waals surface area contributed by atoms with Gasteiger partial charge in [-0.2, -0.15) is 0 Å². The van der Waals surface area contributed by atoms with Crippen molar-refractivity contribution in [2.45, 2.75) is 6.92 Å². The number of hydrazine groups is 1. The summed E-state index contributed by atoms with van der Waals surface area (Å²) in [7, 11) is 0. The highest BCUT2D eigenvalue weighted by molar-refractivity contribution is 7.13. The van der Waals surface area contributed by atoms with E-state index in [1.165, 1.54) is 22.8 Å². The molecule has 0 spiro atoms. The van der Waals surface area contributed by atoms with Gasteiger partial charge >= 0.3 is 0 Å². The van der Waals surface area contributed by atoms with Gasteiger partial charge in [0.25, 0.3) is 5.91 Å². The lowest BCUT2D eigenvalue weighted by Crippen LogP contribution is -2.31. The molecule has 1 amide bonds. The van der Waals surface area contributed by atoms with E-state index in [-0.39, 0.29) is 5.69 Å². The summed E-state index contributed by atoms with van der Waals surface area (Å²) < 4.78 is 0. The van der Waals surface area contributed by atoms with E-state index >= 15 is 0 Å². The molecule has 0 bridgehead atoms. The SMILES string of the molecule is Cc1c(C(N)=O)nc(-c2cccs2)nc1N1NC=CO1. The van der Waals surface area contributed by atoms with E-state index in [9.17, 15) is 4.79 Å². The largest absolute Gasteiger partial charge is 0.364 e. The van der Waals surface area contributed by atoms with Crippen LogP contribution in [-0.2, 0) is 4.84 Å². The molecule has 0 fully saturated rings. The van der Waals surface area contributed by atoms with Gasteiger partial charge in [-0.1, -0.05) is 11.2 Å². The zero-order valence-corrected chi connectivity index (χ0v) is 11.3. The molecule has 0 saturated carbocycles. The van der Waals surface area contributed by atoms with Crippen LogP contribution in [0.2, 0.25) is 0 Å². The molecule has 3 heterocycles. The van der Waals surface area contributed by atoms with Crippen molar-refractivity contribution >= 4 is 23.1 Å². The zero-order valence-electron chi connectivity index (χ0n) is 10.5. The molecule has 102 valence electrons. The summed E-state index contributed by atoms with van der Waals surface area (Å²) in [6, 6.07) is 3.76. The van der Waals surface area contributed by atoms with Gasteiger partial charge in [-0.05, 0) is 18.4 Å². The number of hydrogen-bond donors (Lipinski definition) is 2. The van der Waals surface area contributed by atoms with Crippen molar-refractivity contribution in [2.24, 2.45) is 5.73 Å². The first-order chi connectivity index (χ1) is 9.66. The number of nitrogens with one attached hydrogen (secondary N) is 1. The number of rotatable bonds is 3. The molecule has 0 saturated heterocycles. The Morgan fingerprint density at radius 1 is 1.50 bits per heavy atom. The van der Waals surface area contributed by atoms with E-state index in [0.29, 0.717) is 17.2 Å². The van der Waals surface area contributed by atoms with Gasteiger partial charge in [0.05, 0.1) is 11.1 Å². The number of thiophene rings is 1. The molecule has 1 aliphatic heterocycles. The predicted molar refractivity (Wildman–Crippen MR) is 74.4 cm³/mol. The second-order valence-corrected chi connectivity index (χ2v) is 4.97. The van der Waals surface area contributed by atoms with E-state index < -0.39 is 5.91 Å². The fourth-order valence-electron chi connectivity index (χ4n) is 1.79. The van der Waals surface area contributed by atoms with Gasteiger partial charge in [0.1, 0.15) is 12.0 Å². The normalized spacial score (nSPS) is 13.2. The molecule has 7 nitrogen and oxygen atoms in total. The molecule has 3 N–H and O–H groups in total. The number of amides is 1. The molecule has 1 aliphatic rings. The van der Waals surface area contributed by atoms with Crippen LogP contribution in [0.5, 0.6) is 0 Å². The molecular formula is C12H11N5O2S. The number of anilines is 1. The van der Waals surface area contributed by atoms with E-state index in [0.717, 1.165) is 4.88 Å². The lowest BCUT2D eigenvalue weighted by molar-refractivity contribution is 0.0994. The van der Waals surface area contributed by atoms with E-state index in [4.69, 9.17) is 10.6 Å². The maximum atomic E-state index is 11.6. The Morgan fingerprint density at radius 3 is 2.95 bits per heavy atom. The van der Waals surface area contributed by atoms with Gasteiger partial charge in [-0.25, -0.2) is 9.97 Å². The minimum Gasteiger partial charge on any atom is -0.364 e. The van der Waals surface area contributed by atoms with Crippen molar-refractivity contribution < 1.29 is 9.63 Å². The fourth-order valence-corrected chi connectivity index (χ4v) is 2.45. The van der Waals surface area contributed by atoms with Crippen molar-refractivity contribution in [2.75, 3.05) is 5.17 Å². The number of nitrogens with two attached hydrogens (primary N) is 1. The van der Waals surface area contributed by atoms with Crippen molar-refractivity contribution in [3.05, 3.63) is 41.2 Å². The van der Waals surface area contributed by atoms with Crippen molar-refractivity contribution in [3.8, 4) is 10.7 Å². The van der Waals surface area contributed by atoms with Gasteiger partial charge in [0.15, 0.2) is 11.6 Å². The van der Waals surface area contributed by atoms with Crippen LogP contribution >= 0.6 is 11.3 Å². The summed E-state index contributed by atoms with van der Waals surface area (Å²) in [5.74, 6) is 0.282. The quantitative estimate of drug-likeness (QED) is 0.885. The Bertz CT molecular complexity index is 675. The van der Waals surface area contributed by atoms with Crippen LogP contribution in [0.4, 0.5) is 5.82 Å². The number of primary amides is 1. The molecule has 0 aliphatic carbocycles. The van der Waals surface area contributed by atoms with Crippen LogP contribution in [0, 0.1) is 6.92 Å². The standard InChI is InChI=1S/C12H11N5O2S/c1-7-9(10(13)18)15-11(8-3-2-6-20-8)16-12(7)17-14-4-5-19-17/h2-6,14H,1H3,(H2,13,18). The number of nitrogens with zero attached hydrogens (tertiary/aromatic N) is 3. The maximum absolute atomic E-state index is 11.6. The second-order valence-electron chi connectivity index (χ2n) is 4.02. The second kappa shape index (κ2) is 4.82. The van der Waals surface area contributed by atoms with Gasteiger partial charge < -0.3 is 10.6 Å². The third-order valence-corrected chi connectivity index (χ3v) is 3.58. The minimum atomic E-state index is -0.601. The first-order valence-corrected chi connectivity index (χ1v) is 6.65. The molecule has 0 radical (unpaired) electrons. The summed E-state index contributed by atoms with van der Waals surface area (Å²) in [4.78, 5) is 26.3. The monoisotopic (exact) mass is 289 g/mol. The molecular weight excluding hydrogens is 278 g/mol. The van der Waals surface area contributed by atoms with Crippen LogP contribution in [0.15, 0.2) is 30.0 Å². The van der Waals surface area contributed by atoms with Crippen molar-refractivity contribution in [1.29, 1.82) is 0 Å². The van der Waals surface area contributed by atoms with Gasteiger partial charge in [0.2, 0.25) is 0 Å². The van der Waals surface area contributed by atoms with Gasteiger partial charge in [0, 0.05) is 5.56 Å². The topological polar surface area (TPSA) is 93.4 Å². The molecule has 2 aromatic rings. The molecule has 2 aromatic heterocycles. The molecule has 0 atom stereocenters. The van der Waals surface area contributed by atoms with Gasteiger partial charge in [-0.15, -0.1) is 11.3 Å². The van der Waals surface area contributed by atoms with Crippen LogP contribution < -0.4 is 16.3 Å². The maximum Gasteiger partial charge on any atom is 0.267 e. The average molecular weight is 289 g/mol. The fraction of sp³-hybridized carbons (Fsp3) is 0.0833. The molecule has 20 heavy (non-hydrogen) atoms. The Labute approximate surface area is 118 Å². The van der Waals surface area contributed by atoms with Crippen LogP contribution in [0.25, 0.3) is 10.7 Å². The highest BCUT2D eigenvalue weighted by Crippen LogP contribution is 2.27. The van der Waals surface area contributed by atoms with Gasteiger partial charge in [-0.3, -0.25) is 10.2 Å². The summed E-state index contributed by atoms with van der Waals surface area (Å²) in [5, 5.41) is 3.26. The Balaban J connectivity index is 2.15. The highest BCUT2D eigenvalue weighted by atomic mass is 32.1. The van der Waals surface area contributed by atoms with Crippen molar-refractivity contribution in [3.63, 3.8) is 0 Å². The predicted octanol–water partition coefficient (Wildman–Crippen LogP) is 1.34. The lowest BCUT2D eigenvalue weighted by atomic mass is 10.2. The van der Waals surface area contributed by atoms with E-state index in [2.05, 4.69) is 15.4 Å². The summed E-state index contributed by atoms with van der Waals surface area (Å²) in [6.07, 6.45) is 3.08. The highest BCUT2D eigenvalue weighted by Gasteiger charge is 2.22. The number of carbonyl (C=O) groups excluding carboxylic acids is 1. The van der Waals surface area contributed by atoms with Crippen LogP contribution in [0.3, 0.4) is 0 Å². The molecule has 8 heteroatoms. The van der Waals surface area contributed by atoms with Crippen LogP contribution in [-0.4, -0.2) is 15.9 Å². The average Bonchev–Trinajstić information content (AvgIpc) is 3.12. The first kappa shape index (κ1) is 12.4. The first-order valence-electron chi connectivity index (χ1n) is 5.77.